The van der Waals surface area contributed by atoms with Crippen LogP contribution in [0.15, 0.2) is 47.6 Å². The van der Waals surface area contributed by atoms with Crippen LogP contribution in [0.5, 0.6) is 11.5 Å². The van der Waals surface area contributed by atoms with E-state index < -0.39 is 10.0 Å². The Balaban J connectivity index is 1.60. The van der Waals surface area contributed by atoms with Crippen molar-refractivity contribution in [1.82, 2.24) is 19.5 Å². The van der Waals surface area contributed by atoms with Gasteiger partial charge in [0.15, 0.2) is 11.5 Å². The summed E-state index contributed by atoms with van der Waals surface area (Å²) in [4.78, 5) is 18.1. The molecule has 10 heteroatoms. The summed E-state index contributed by atoms with van der Waals surface area (Å²) >= 11 is 0. The number of amides is 2. The number of carbonyl (C=O) groups is 1. The van der Waals surface area contributed by atoms with Gasteiger partial charge in [-0.3, -0.25) is 4.98 Å². The Morgan fingerprint density at radius 1 is 1.10 bits per heavy atom. The number of urea groups is 1. The number of hydrogen-bond donors (Lipinski definition) is 1. The number of aromatic nitrogens is 1. The van der Waals surface area contributed by atoms with Gasteiger partial charge in [0, 0.05) is 51.2 Å². The molecule has 1 aliphatic heterocycles. The lowest BCUT2D eigenvalue weighted by Gasteiger charge is -2.34. The Kier molecular flexibility index (Phi) is 6.55. The minimum atomic E-state index is -3.69. The molecule has 1 aromatic carbocycles. The first-order valence-electron chi connectivity index (χ1n) is 9.09. The molecule has 1 aromatic heterocycles. The number of carbonyl (C=O) groups excluding carboxylic acids is 1. The van der Waals surface area contributed by atoms with E-state index in [0.717, 1.165) is 5.56 Å². The van der Waals surface area contributed by atoms with Gasteiger partial charge in [-0.1, -0.05) is 6.07 Å². The first-order chi connectivity index (χ1) is 14.0. The molecule has 0 bridgehead atoms. The Morgan fingerprint density at radius 3 is 2.45 bits per heavy atom. The van der Waals surface area contributed by atoms with Gasteiger partial charge in [-0.05, 0) is 23.8 Å². The predicted octanol–water partition coefficient (Wildman–Crippen LogP) is 1.31. The van der Waals surface area contributed by atoms with E-state index in [0.29, 0.717) is 31.1 Å². The molecule has 1 aliphatic rings. The first kappa shape index (κ1) is 20.9. The molecule has 0 saturated carbocycles. The van der Waals surface area contributed by atoms with E-state index in [1.54, 1.807) is 29.4 Å². The van der Waals surface area contributed by atoms with E-state index in [-0.39, 0.29) is 24.0 Å². The third kappa shape index (κ3) is 4.77. The van der Waals surface area contributed by atoms with Gasteiger partial charge in [0.1, 0.15) is 0 Å². The van der Waals surface area contributed by atoms with Crippen molar-refractivity contribution < 1.29 is 22.7 Å². The van der Waals surface area contributed by atoms with E-state index in [4.69, 9.17) is 9.47 Å². The number of piperazine rings is 1. The van der Waals surface area contributed by atoms with Crippen molar-refractivity contribution in [3.05, 3.63) is 48.3 Å². The fourth-order valence-electron chi connectivity index (χ4n) is 3.05. The smallest absolute Gasteiger partial charge is 0.317 e. The molecule has 0 spiro atoms. The summed E-state index contributed by atoms with van der Waals surface area (Å²) in [6.45, 7) is 1.43. The molecule has 3 rings (SSSR count). The molecule has 2 aromatic rings. The lowest BCUT2D eigenvalue weighted by Crippen LogP contribution is -2.52. The van der Waals surface area contributed by atoms with Gasteiger partial charge in [0.25, 0.3) is 0 Å². The molecule has 0 unspecified atom stereocenters. The second-order valence-corrected chi connectivity index (χ2v) is 8.37. The average Bonchev–Trinajstić information content (AvgIpc) is 2.77. The van der Waals surface area contributed by atoms with Crippen LogP contribution >= 0.6 is 0 Å². The SMILES string of the molecule is COc1ccc(S(=O)(=O)N2CCN(C(=O)NCc3cccnc3)CC2)cc1OC. The van der Waals surface area contributed by atoms with Crippen molar-refractivity contribution in [3.63, 3.8) is 0 Å². The molecule has 0 radical (unpaired) electrons. The number of ether oxygens (including phenoxy) is 2. The highest BCUT2D eigenvalue weighted by molar-refractivity contribution is 7.89. The fourth-order valence-corrected chi connectivity index (χ4v) is 4.49. The summed E-state index contributed by atoms with van der Waals surface area (Å²) < 4.78 is 37.6. The van der Waals surface area contributed by atoms with Crippen LogP contribution in [0, 0.1) is 0 Å². The number of rotatable bonds is 6. The van der Waals surface area contributed by atoms with E-state index in [2.05, 4.69) is 10.3 Å². The van der Waals surface area contributed by atoms with Crippen molar-refractivity contribution in [1.29, 1.82) is 0 Å². The van der Waals surface area contributed by atoms with Gasteiger partial charge < -0.3 is 19.7 Å². The van der Waals surface area contributed by atoms with Crippen LogP contribution in [0.25, 0.3) is 0 Å². The van der Waals surface area contributed by atoms with Crippen LogP contribution in [-0.4, -0.2) is 69.0 Å². The number of pyridine rings is 1. The summed E-state index contributed by atoms with van der Waals surface area (Å²) in [5, 5.41) is 2.83. The Hall–Kier alpha value is -2.85. The highest BCUT2D eigenvalue weighted by Crippen LogP contribution is 2.30. The maximum absolute atomic E-state index is 12.9. The van der Waals surface area contributed by atoms with Crippen molar-refractivity contribution in [2.75, 3.05) is 40.4 Å². The number of nitrogens with one attached hydrogen (secondary N) is 1. The summed E-state index contributed by atoms with van der Waals surface area (Å²) in [6, 6.07) is 7.95. The van der Waals surface area contributed by atoms with Gasteiger partial charge in [-0.2, -0.15) is 4.31 Å². The Labute approximate surface area is 170 Å². The van der Waals surface area contributed by atoms with Crippen LogP contribution in [0.2, 0.25) is 0 Å². The van der Waals surface area contributed by atoms with Gasteiger partial charge in [0.05, 0.1) is 19.1 Å². The molecule has 9 nitrogen and oxygen atoms in total. The number of hydrogen-bond acceptors (Lipinski definition) is 6. The third-order valence-corrected chi connectivity index (χ3v) is 6.58. The average molecular weight is 420 g/mol. The van der Waals surface area contributed by atoms with E-state index in [9.17, 15) is 13.2 Å². The molecule has 29 heavy (non-hydrogen) atoms. The summed E-state index contributed by atoms with van der Waals surface area (Å²) in [6.07, 6.45) is 3.36. The van der Waals surface area contributed by atoms with Crippen molar-refractivity contribution in [3.8, 4) is 11.5 Å². The number of nitrogens with zero attached hydrogens (tertiary/aromatic N) is 3. The van der Waals surface area contributed by atoms with E-state index in [1.807, 2.05) is 6.07 Å². The molecule has 2 heterocycles. The second kappa shape index (κ2) is 9.10. The molecule has 1 fully saturated rings. The predicted molar refractivity (Wildman–Crippen MR) is 106 cm³/mol. The van der Waals surface area contributed by atoms with E-state index in [1.165, 1.54) is 30.7 Å². The maximum atomic E-state index is 12.9. The normalized spacial score (nSPS) is 15.0. The number of methoxy groups -OCH3 is 2. The molecule has 1 N–H and O–H groups in total. The first-order valence-corrected chi connectivity index (χ1v) is 10.5. The van der Waals surface area contributed by atoms with Gasteiger partial charge in [0.2, 0.25) is 10.0 Å². The molecule has 0 aliphatic carbocycles. The monoisotopic (exact) mass is 420 g/mol. The fraction of sp³-hybridized carbons (Fsp3) is 0.368. The zero-order valence-corrected chi connectivity index (χ0v) is 17.2. The lowest BCUT2D eigenvalue weighted by molar-refractivity contribution is 0.172. The Morgan fingerprint density at radius 2 is 1.83 bits per heavy atom. The van der Waals surface area contributed by atoms with Crippen LogP contribution in [0.4, 0.5) is 4.79 Å². The quantitative estimate of drug-likeness (QED) is 0.756. The Bertz CT molecular complexity index is 944. The van der Waals surface area contributed by atoms with Crippen molar-refractivity contribution >= 4 is 16.1 Å². The zero-order valence-electron chi connectivity index (χ0n) is 16.4. The van der Waals surface area contributed by atoms with Crippen molar-refractivity contribution in [2.45, 2.75) is 11.4 Å². The van der Waals surface area contributed by atoms with E-state index >= 15 is 0 Å². The highest BCUT2D eigenvalue weighted by Gasteiger charge is 2.30. The molecule has 2 amide bonds. The number of benzene rings is 1. The zero-order chi connectivity index (χ0) is 20.9. The van der Waals surface area contributed by atoms with Crippen LogP contribution < -0.4 is 14.8 Å². The van der Waals surface area contributed by atoms with Crippen LogP contribution in [-0.2, 0) is 16.6 Å². The maximum Gasteiger partial charge on any atom is 0.317 e. The van der Waals surface area contributed by atoms with Crippen LogP contribution in [0.3, 0.4) is 0 Å². The van der Waals surface area contributed by atoms with Crippen molar-refractivity contribution in [2.24, 2.45) is 0 Å². The second-order valence-electron chi connectivity index (χ2n) is 6.43. The van der Waals surface area contributed by atoms with Crippen LogP contribution in [0.1, 0.15) is 5.56 Å². The standard InChI is InChI=1S/C19H24N4O5S/c1-27-17-6-5-16(12-18(17)28-2)29(25,26)23-10-8-22(9-11-23)19(24)21-14-15-4-3-7-20-13-15/h3-7,12-13H,8-11,14H2,1-2H3,(H,21,24). The number of sulfonamides is 1. The molecule has 156 valence electrons. The lowest BCUT2D eigenvalue weighted by atomic mass is 10.3. The molecular weight excluding hydrogens is 396 g/mol. The third-order valence-electron chi connectivity index (χ3n) is 4.69. The molecule has 0 atom stereocenters. The largest absolute Gasteiger partial charge is 0.493 e. The van der Waals surface area contributed by atoms with Gasteiger partial charge >= 0.3 is 6.03 Å². The summed E-state index contributed by atoms with van der Waals surface area (Å²) in [5.41, 5.74) is 0.899. The molecule has 1 saturated heterocycles. The highest BCUT2D eigenvalue weighted by atomic mass is 32.2. The van der Waals surface area contributed by atoms with Gasteiger partial charge in [-0.25, -0.2) is 13.2 Å². The van der Waals surface area contributed by atoms with Gasteiger partial charge in [-0.15, -0.1) is 0 Å². The molecular formula is C19H24N4O5S. The summed E-state index contributed by atoms with van der Waals surface area (Å²) in [5.74, 6) is 0.809. The minimum absolute atomic E-state index is 0.129. The minimum Gasteiger partial charge on any atom is -0.493 e. The summed E-state index contributed by atoms with van der Waals surface area (Å²) in [7, 11) is -0.747. The topological polar surface area (TPSA) is 101 Å².